The lowest BCUT2D eigenvalue weighted by Crippen LogP contribution is -2.16. The number of fused-ring (bicyclic) bond motifs is 8. The minimum atomic E-state index is -0.106. The average Bonchev–Trinajstić information content (AvgIpc) is 3.66. The lowest BCUT2D eigenvalue weighted by Gasteiger charge is -2.30. The SMILES string of the molecule is CC1(C)c2ccccc2-c2cc3c(cc21)C=Cc1cc(-c2cccc4c2oc2ccccc24)ccc1N3c1cc(-c2ccccc2)cc(-c2ccccc2)c1. The van der Waals surface area contributed by atoms with E-state index >= 15 is 0 Å². The molecule has 0 unspecified atom stereocenters. The van der Waals surface area contributed by atoms with E-state index in [1.165, 1.54) is 50.1 Å². The van der Waals surface area contributed by atoms with Crippen LogP contribution in [-0.2, 0) is 5.41 Å². The third kappa shape index (κ3) is 4.95. The van der Waals surface area contributed by atoms with Crippen LogP contribution in [-0.4, -0.2) is 0 Å². The summed E-state index contributed by atoms with van der Waals surface area (Å²) in [5.74, 6) is 0. The number of hydrogen-bond acceptors (Lipinski definition) is 2. The Balaban J connectivity index is 1.17. The van der Waals surface area contributed by atoms with Gasteiger partial charge in [-0.25, -0.2) is 0 Å². The van der Waals surface area contributed by atoms with E-state index < -0.39 is 0 Å². The molecule has 0 radical (unpaired) electrons. The second kappa shape index (κ2) is 12.1. The smallest absolute Gasteiger partial charge is 0.143 e. The fraction of sp³-hybridized carbons (Fsp3) is 0.0566. The van der Waals surface area contributed by atoms with Gasteiger partial charge in [0.1, 0.15) is 11.2 Å². The van der Waals surface area contributed by atoms with Gasteiger partial charge in [-0.3, -0.25) is 0 Å². The molecule has 2 nitrogen and oxygen atoms in total. The zero-order valence-corrected chi connectivity index (χ0v) is 30.8. The molecule has 55 heavy (non-hydrogen) atoms. The van der Waals surface area contributed by atoms with Crippen LogP contribution in [0.3, 0.4) is 0 Å². The number of para-hydroxylation sites is 2. The van der Waals surface area contributed by atoms with E-state index in [9.17, 15) is 0 Å². The summed E-state index contributed by atoms with van der Waals surface area (Å²) in [6.45, 7) is 4.72. The number of anilines is 3. The minimum absolute atomic E-state index is 0.106. The Morgan fingerprint density at radius 3 is 1.82 bits per heavy atom. The summed E-state index contributed by atoms with van der Waals surface area (Å²) in [7, 11) is 0. The molecule has 2 aliphatic rings. The first-order valence-corrected chi connectivity index (χ1v) is 19.1. The predicted molar refractivity (Wildman–Crippen MR) is 231 cm³/mol. The number of hydrogen-bond donors (Lipinski definition) is 0. The Bertz CT molecular complexity index is 2940. The monoisotopic (exact) mass is 703 g/mol. The largest absolute Gasteiger partial charge is 0.455 e. The quantitative estimate of drug-likeness (QED) is 0.181. The van der Waals surface area contributed by atoms with Gasteiger partial charge in [0, 0.05) is 27.4 Å². The topological polar surface area (TPSA) is 16.4 Å². The zero-order valence-electron chi connectivity index (χ0n) is 30.8. The van der Waals surface area contributed by atoms with Crippen molar-refractivity contribution in [2.45, 2.75) is 19.3 Å². The number of nitrogens with zero attached hydrogens (tertiary/aromatic N) is 1. The molecule has 260 valence electrons. The fourth-order valence-electron chi connectivity index (χ4n) is 9.04. The Labute approximate surface area is 321 Å². The molecule has 8 aromatic carbocycles. The van der Waals surface area contributed by atoms with Crippen LogP contribution in [0.4, 0.5) is 17.1 Å². The van der Waals surface area contributed by atoms with Crippen LogP contribution in [0.15, 0.2) is 180 Å². The average molecular weight is 704 g/mol. The maximum Gasteiger partial charge on any atom is 0.143 e. The van der Waals surface area contributed by atoms with Crippen LogP contribution in [0, 0.1) is 0 Å². The van der Waals surface area contributed by atoms with Crippen LogP contribution in [0.2, 0.25) is 0 Å². The molecular formula is C53H37NO. The zero-order chi connectivity index (χ0) is 36.7. The molecule has 1 aromatic heterocycles. The molecule has 0 amide bonds. The van der Waals surface area contributed by atoms with Gasteiger partial charge in [0.05, 0.1) is 11.4 Å². The van der Waals surface area contributed by atoms with Crippen molar-refractivity contribution in [3.8, 4) is 44.5 Å². The third-order valence-corrected chi connectivity index (χ3v) is 11.8. The van der Waals surface area contributed by atoms with Crippen molar-refractivity contribution in [1.29, 1.82) is 0 Å². The predicted octanol–water partition coefficient (Wildman–Crippen LogP) is 14.8. The summed E-state index contributed by atoms with van der Waals surface area (Å²) >= 11 is 0. The van der Waals surface area contributed by atoms with E-state index in [4.69, 9.17) is 4.42 Å². The van der Waals surface area contributed by atoms with Crippen molar-refractivity contribution in [3.05, 3.63) is 198 Å². The molecule has 0 spiro atoms. The van der Waals surface area contributed by atoms with E-state index in [0.29, 0.717) is 0 Å². The Hall–Kier alpha value is -6.90. The van der Waals surface area contributed by atoms with Crippen LogP contribution in [0.25, 0.3) is 78.6 Å². The highest BCUT2D eigenvalue weighted by Gasteiger charge is 2.37. The summed E-state index contributed by atoms with van der Waals surface area (Å²) in [5.41, 5.74) is 19.8. The molecule has 2 heterocycles. The van der Waals surface area contributed by atoms with Crippen LogP contribution >= 0.6 is 0 Å². The van der Waals surface area contributed by atoms with Gasteiger partial charge in [0.15, 0.2) is 0 Å². The second-order valence-corrected chi connectivity index (χ2v) is 15.4. The standard InChI is InChI=1S/C53H37NO/c1-53(2)47-22-11-9-18-43(47)46-33-50-38(32-48(46)53)25-24-37-28-36(42-20-13-21-45-44-19-10-12-23-51(44)55-52(42)45)26-27-49(37)54(50)41-30-39(34-14-5-3-6-15-34)29-40(31-41)35-16-7-4-8-17-35/h3-33H,1-2H3. The van der Waals surface area contributed by atoms with Gasteiger partial charge in [-0.2, -0.15) is 0 Å². The van der Waals surface area contributed by atoms with Gasteiger partial charge in [-0.1, -0.05) is 153 Å². The van der Waals surface area contributed by atoms with Gasteiger partial charge < -0.3 is 9.32 Å². The van der Waals surface area contributed by atoms with E-state index in [0.717, 1.165) is 55.7 Å². The highest BCUT2D eigenvalue weighted by Crippen LogP contribution is 2.53. The summed E-state index contributed by atoms with van der Waals surface area (Å²) in [5, 5.41) is 2.27. The molecule has 1 aliphatic carbocycles. The fourth-order valence-corrected chi connectivity index (χ4v) is 9.04. The second-order valence-electron chi connectivity index (χ2n) is 15.4. The van der Waals surface area contributed by atoms with E-state index in [1.807, 2.05) is 6.07 Å². The summed E-state index contributed by atoms with van der Waals surface area (Å²) in [6, 6.07) is 64.0. The van der Waals surface area contributed by atoms with Gasteiger partial charge in [-0.15, -0.1) is 0 Å². The van der Waals surface area contributed by atoms with Crippen LogP contribution in [0.5, 0.6) is 0 Å². The molecule has 0 saturated carbocycles. The first-order valence-electron chi connectivity index (χ1n) is 19.1. The van der Waals surface area contributed by atoms with Crippen molar-refractivity contribution < 1.29 is 4.42 Å². The van der Waals surface area contributed by atoms with Crippen molar-refractivity contribution in [3.63, 3.8) is 0 Å². The molecule has 9 aromatic rings. The van der Waals surface area contributed by atoms with Gasteiger partial charge in [0.2, 0.25) is 0 Å². The van der Waals surface area contributed by atoms with Gasteiger partial charge in [0.25, 0.3) is 0 Å². The minimum Gasteiger partial charge on any atom is -0.455 e. The third-order valence-electron chi connectivity index (χ3n) is 11.8. The molecule has 0 N–H and O–H groups in total. The highest BCUT2D eigenvalue weighted by molar-refractivity contribution is 6.10. The molecule has 11 rings (SSSR count). The molecular weight excluding hydrogens is 667 g/mol. The van der Waals surface area contributed by atoms with E-state index in [-0.39, 0.29) is 5.41 Å². The highest BCUT2D eigenvalue weighted by atomic mass is 16.3. The van der Waals surface area contributed by atoms with Crippen LogP contribution in [0.1, 0.15) is 36.1 Å². The van der Waals surface area contributed by atoms with Crippen molar-refractivity contribution in [2.24, 2.45) is 0 Å². The molecule has 0 saturated heterocycles. The Morgan fingerprint density at radius 1 is 0.418 bits per heavy atom. The lowest BCUT2D eigenvalue weighted by molar-refractivity contribution is 0.660. The molecule has 1 aliphatic heterocycles. The van der Waals surface area contributed by atoms with Crippen molar-refractivity contribution in [1.82, 2.24) is 0 Å². The first kappa shape index (κ1) is 31.6. The summed E-state index contributed by atoms with van der Waals surface area (Å²) < 4.78 is 6.52. The molecule has 0 atom stereocenters. The first-order chi connectivity index (χ1) is 27.0. The van der Waals surface area contributed by atoms with Crippen molar-refractivity contribution >= 4 is 51.2 Å². The Morgan fingerprint density at radius 2 is 1.05 bits per heavy atom. The molecule has 2 heteroatoms. The van der Waals surface area contributed by atoms with Crippen molar-refractivity contribution in [2.75, 3.05) is 4.90 Å². The summed E-state index contributed by atoms with van der Waals surface area (Å²) in [4.78, 5) is 2.49. The molecule has 0 bridgehead atoms. The number of furan rings is 1. The summed E-state index contributed by atoms with van der Waals surface area (Å²) in [6.07, 6.45) is 4.62. The number of rotatable bonds is 4. The lowest BCUT2D eigenvalue weighted by atomic mass is 9.82. The maximum atomic E-state index is 6.52. The molecule has 0 fully saturated rings. The van der Waals surface area contributed by atoms with Crippen LogP contribution < -0.4 is 4.90 Å². The maximum absolute atomic E-state index is 6.52. The van der Waals surface area contributed by atoms with E-state index in [1.54, 1.807) is 0 Å². The van der Waals surface area contributed by atoms with Gasteiger partial charge in [-0.05, 0) is 110 Å². The van der Waals surface area contributed by atoms with E-state index in [2.05, 4.69) is 201 Å². The normalized spacial score (nSPS) is 13.7. The number of benzene rings is 8. The van der Waals surface area contributed by atoms with Gasteiger partial charge >= 0.3 is 0 Å². The Kier molecular flexibility index (Phi) is 6.93.